The van der Waals surface area contributed by atoms with Gasteiger partial charge in [0.05, 0.1) is 24.8 Å². The maximum atomic E-state index is 13.0. The Hall–Kier alpha value is -1.35. The number of aliphatic hydroxyl groups is 1. The molecule has 1 aliphatic heterocycles. The zero-order chi connectivity index (χ0) is 17.7. The Morgan fingerprint density at radius 1 is 1.50 bits per heavy atom. The van der Waals surface area contributed by atoms with Gasteiger partial charge in [-0.1, -0.05) is 12.1 Å². The van der Waals surface area contributed by atoms with Gasteiger partial charge in [0.2, 0.25) is 10.0 Å². The van der Waals surface area contributed by atoms with Crippen molar-refractivity contribution in [3.63, 3.8) is 0 Å². The molecule has 1 heterocycles. The van der Waals surface area contributed by atoms with Crippen molar-refractivity contribution < 1.29 is 23.1 Å². The van der Waals surface area contributed by atoms with Gasteiger partial charge in [0.15, 0.2) is 0 Å². The average molecular weight is 377 g/mol. The molecule has 2 atom stereocenters. The molecule has 0 aliphatic carbocycles. The van der Waals surface area contributed by atoms with Crippen molar-refractivity contribution >= 4 is 33.3 Å². The lowest BCUT2D eigenvalue weighted by atomic mass is 10.2. The van der Waals surface area contributed by atoms with Crippen molar-refractivity contribution in [2.45, 2.75) is 29.9 Å². The molecule has 1 aromatic carbocycles. The molecule has 2 N–H and O–H groups in total. The van der Waals surface area contributed by atoms with Crippen LogP contribution in [0.25, 0.3) is 0 Å². The number of hydrogen-bond acceptors (Lipinski definition) is 6. The number of carbonyl (C=O) groups excluding carboxylic acids is 1. The number of para-hydroxylation sites is 1. The molecule has 134 valence electrons. The highest BCUT2D eigenvalue weighted by molar-refractivity contribution is 7.89. The fourth-order valence-corrected chi connectivity index (χ4v) is 4.57. The summed E-state index contributed by atoms with van der Waals surface area (Å²) < 4.78 is 31.9. The van der Waals surface area contributed by atoms with E-state index in [9.17, 15) is 18.3 Å². The summed E-state index contributed by atoms with van der Waals surface area (Å²) >= 11 is 5.55. The van der Waals surface area contributed by atoms with Crippen molar-refractivity contribution in [2.75, 3.05) is 31.4 Å². The molecule has 7 nitrogen and oxygen atoms in total. The number of nitrogens with one attached hydrogen (secondary N) is 1. The number of methoxy groups -OCH3 is 1. The predicted octanol–water partition coefficient (Wildman–Crippen LogP) is 1.02. The summed E-state index contributed by atoms with van der Waals surface area (Å²) in [6, 6.07) is 5.57. The molecular formula is C15H21ClN2O5S. The van der Waals surface area contributed by atoms with Crippen molar-refractivity contribution in [1.82, 2.24) is 4.31 Å². The van der Waals surface area contributed by atoms with Gasteiger partial charge < -0.3 is 15.2 Å². The maximum Gasteiger partial charge on any atom is 0.324 e. The van der Waals surface area contributed by atoms with Crippen molar-refractivity contribution in [1.29, 1.82) is 0 Å². The number of alkyl halides is 1. The summed E-state index contributed by atoms with van der Waals surface area (Å²) in [5.41, 5.74) is 0.359. The van der Waals surface area contributed by atoms with Gasteiger partial charge in [0.25, 0.3) is 0 Å². The lowest BCUT2D eigenvalue weighted by molar-refractivity contribution is -0.144. The Morgan fingerprint density at radius 2 is 2.21 bits per heavy atom. The van der Waals surface area contributed by atoms with Crippen LogP contribution in [0.3, 0.4) is 0 Å². The molecule has 1 aromatic rings. The largest absolute Gasteiger partial charge is 0.468 e. The van der Waals surface area contributed by atoms with Crippen molar-refractivity contribution in [3.05, 3.63) is 24.3 Å². The van der Waals surface area contributed by atoms with Gasteiger partial charge in [-0.15, -0.1) is 11.6 Å². The lowest BCUT2D eigenvalue weighted by Gasteiger charge is -2.24. The van der Waals surface area contributed by atoms with Gasteiger partial charge in [-0.05, 0) is 25.0 Å². The first-order valence-corrected chi connectivity index (χ1v) is 9.56. The van der Waals surface area contributed by atoms with E-state index in [1.165, 1.54) is 17.5 Å². The SMILES string of the molecule is COC(=O)C1CCCN1S(=O)(=O)c1ccccc1NCC(O)CCl. The first kappa shape index (κ1) is 19.0. The zero-order valence-electron chi connectivity index (χ0n) is 13.3. The first-order valence-electron chi connectivity index (χ1n) is 7.58. The van der Waals surface area contributed by atoms with E-state index in [4.69, 9.17) is 16.3 Å². The van der Waals surface area contributed by atoms with Crippen LogP contribution in [0.4, 0.5) is 5.69 Å². The third-order valence-electron chi connectivity index (χ3n) is 3.86. The number of ether oxygens (including phenoxy) is 1. The minimum atomic E-state index is -3.87. The Morgan fingerprint density at radius 3 is 2.88 bits per heavy atom. The standard InChI is InChI=1S/C15H21ClN2O5S/c1-23-15(20)13-6-4-8-18(13)24(21,22)14-7-3-2-5-12(14)17-10-11(19)9-16/h2-3,5,7,11,13,17,19H,4,6,8-10H2,1H3. The molecule has 0 bridgehead atoms. The molecule has 24 heavy (non-hydrogen) atoms. The van der Waals surface area contributed by atoms with Gasteiger partial charge in [0, 0.05) is 13.1 Å². The Labute approximate surface area is 146 Å². The molecule has 0 aromatic heterocycles. The number of carbonyl (C=O) groups is 1. The second kappa shape index (κ2) is 8.15. The summed E-state index contributed by atoms with van der Waals surface area (Å²) in [4.78, 5) is 11.9. The third-order valence-corrected chi connectivity index (χ3v) is 6.18. The number of hydrogen-bond donors (Lipinski definition) is 2. The Balaban J connectivity index is 2.30. The van der Waals surface area contributed by atoms with Gasteiger partial charge in [-0.25, -0.2) is 8.42 Å². The van der Waals surface area contributed by atoms with Gasteiger partial charge in [-0.2, -0.15) is 4.31 Å². The van der Waals surface area contributed by atoms with Crippen LogP contribution in [0.2, 0.25) is 0 Å². The van der Waals surface area contributed by atoms with Crippen LogP contribution in [0.5, 0.6) is 0 Å². The normalized spacial score (nSPS) is 19.9. The Kier molecular flexibility index (Phi) is 6.45. The second-order valence-corrected chi connectivity index (χ2v) is 7.65. The fraction of sp³-hybridized carbons (Fsp3) is 0.533. The number of nitrogens with zero attached hydrogens (tertiary/aromatic N) is 1. The summed E-state index contributed by atoms with van der Waals surface area (Å²) in [7, 11) is -2.63. The maximum absolute atomic E-state index is 13.0. The lowest BCUT2D eigenvalue weighted by Crippen LogP contribution is -2.41. The summed E-state index contributed by atoms with van der Waals surface area (Å²) in [5, 5.41) is 12.5. The van der Waals surface area contributed by atoms with E-state index in [1.54, 1.807) is 18.2 Å². The van der Waals surface area contributed by atoms with Crippen LogP contribution in [0.15, 0.2) is 29.2 Å². The fourth-order valence-electron chi connectivity index (χ4n) is 2.65. The van der Waals surface area contributed by atoms with Crippen LogP contribution in [0.1, 0.15) is 12.8 Å². The summed E-state index contributed by atoms with van der Waals surface area (Å²) in [5.74, 6) is -0.516. The van der Waals surface area contributed by atoms with E-state index in [2.05, 4.69) is 5.32 Å². The van der Waals surface area contributed by atoms with Crippen molar-refractivity contribution in [3.8, 4) is 0 Å². The van der Waals surface area contributed by atoms with Crippen LogP contribution < -0.4 is 5.32 Å². The van der Waals surface area contributed by atoms with E-state index >= 15 is 0 Å². The average Bonchev–Trinajstić information content (AvgIpc) is 3.09. The highest BCUT2D eigenvalue weighted by atomic mass is 35.5. The quantitative estimate of drug-likeness (QED) is 0.545. The molecule has 1 fully saturated rings. The van der Waals surface area contributed by atoms with Crippen LogP contribution in [-0.4, -0.2) is 62.0 Å². The summed E-state index contributed by atoms with van der Waals surface area (Å²) in [6.45, 7) is 0.386. The molecule has 2 unspecified atom stereocenters. The number of benzene rings is 1. The van der Waals surface area contributed by atoms with Crippen molar-refractivity contribution in [2.24, 2.45) is 0 Å². The number of aliphatic hydroxyl groups excluding tert-OH is 1. The molecule has 1 saturated heterocycles. The number of halogens is 1. The Bertz CT molecular complexity index is 682. The van der Waals surface area contributed by atoms with E-state index in [0.29, 0.717) is 18.5 Å². The minimum Gasteiger partial charge on any atom is -0.468 e. The smallest absolute Gasteiger partial charge is 0.324 e. The molecule has 0 spiro atoms. The minimum absolute atomic E-state index is 0.0401. The molecule has 2 rings (SSSR count). The second-order valence-electron chi connectivity index (χ2n) is 5.48. The molecule has 0 radical (unpaired) electrons. The van der Waals surface area contributed by atoms with Crippen LogP contribution >= 0.6 is 11.6 Å². The molecule has 0 saturated carbocycles. The molecular weight excluding hydrogens is 356 g/mol. The van der Waals surface area contributed by atoms with E-state index < -0.39 is 28.1 Å². The van der Waals surface area contributed by atoms with E-state index in [-0.39, 0.29) is 23.9 Å². The highest BCUT2D eigenvalue weighted by Gasteiger charge is 2.40. The first-order chi connectivity index (χ1) is 11.4. The summed E-state index contributed by atoms with van der Waals surface area (Å²) in [6.07, 6.45) is 0.239. The predicted molar refractivity (Wildman–Crippen MR) is 90.6 cm³/mol. The molecule has 1 aliphatic rings. The number of sulfonamides is 1. The molecule has 9 heteroatoms. The number of anilines is 1. The topological polar surface area (TPSA) is 95.9 Å². The zero-order valence-corrected chi connectivity index (χ0v) is 14.9. The van der Waals surface area contributed by atoms with Gasteiger partial charge in [-0.3, -0.25) is 4.79 Å². The van der Waals surface area contributed by atoms with E-state index in [0.717, 1.165) is 0 Å². The van der Waals surface area contributed by atoms with Gasteiger partial charge >= 0.3 is 5.97 Å². The highest BCUT2D eigenvalue weighted by Crippen LogP contribution is 2.30. The molecule has 0 amide bonds. The number of esters is 1. The van der Waals surface area contributed by atoms with Crippen LogP contribution in [-0.2, 0) is 19.6 Å². The van der Waals surface area contributed by atoms with Gasteiger partial charge in [0.1, 0.15) is 10.9 Å². The van der Waals surface area contributed by atoms with Crippen LogP contribution in [0, 0.1) is 0 Å². The van der Waals surface area contributed by atoms with E-state index in [1.807, 2.05) is 0 Å². The number of rotatable bonds is 7. The monoisotopic (exact) mass is 376 g/mol. The third kappa shape index (κ3) is 4.00.